The van der Waals surface area contributed by atoms with Crippen LogP contribution in [0.1, 0.15) is 30.9 Å². The van der Waals surface area contributed by atoms with Crippen molar-refractivity contribution >= 4 is 5.97 Å². The summed E-state index contributed by atoms with van der Waals surface area (Å²) in [6.45, 7) is 3.26. The number of ether oxygens (including phenoxy) is 1. The van der Waals surface area contributed by atoms with Crippen molar-refractivity contribution < 1.29 is 14.6 Å². The lowest BCUT2D eigenvalue weighted by atomic mass is 9.57. The molecule has 1 saturated heterocycles. The number of benzene rings is 1. The van der Waals surface area contributed by atoms with Gasteiger partial charge in [-0.15, -0.1) is 0 Å². The highest BCUT2D eigenvalue weighted by molar-refractivity contribution is 5.68. The van der Waals surface area contributed by atoms with E-state index in [9.17, 15) is 9.90 Å². The van der Waals surface area contributed by atoms with E-state index in [0.717, 1.165) is 25.1 Å². The molecular weight excluding hydrogens is 266 g/mol. The highest BCUT2D eigenvalue weighted by Crippen LogP contribution is 2.50. The normalized spacial score (nSPS) is 31.6. The Balaban J connectivity index is 2.10. The van der Waals surface area contributed by atoms with E-state index in [1.54, 1.807) is 7.11 Å². The number of rotatable bonds is 3. The molecule has 1 N–H and O–H groups in total. The highest BCUT2D eigenvalue weighted by atomic mass is 16.5. The maximum atomic E-state index is 11.3. The maximum absolute atomic E-state index is 11.3. The minimum atomic E-state index is -0.696. The van der Waals surface area contributed by atoms with Gasteiger partial charge in [0.1, 0.15) is 5.75 Å². The predicted octanol–water partition coefficient (Wildman–Crippen LogP) is 2.30. The number of likely N-dealkylation sites (tertiary alicyclic amines) is 1. The van der Waals surface area contributed by atoms with Crippen LogP contribution in [0.2, 0.25) is 0 Å². The average Bonchev–Trinajstić information content (AvgIpc) is 2.45. The van der Waals surface area contributed by atoms with Gasteiger partial charge in [-0.3, -0.25) is 4.79 Å². The molecule has 2 aliphatic rings. The van der Waals surface area contributed by atoms with E-state index in [0.29, 0.717) is 6.04 Å². The number of methoxy groups -OCH3 is 1. The van der Waals surface area contributed by atoms with Gasteiger partial charge in [0.15, 0.2) is 0 Å². The smallest absolute Gasteiger partial charge is 0.303 e. The van der Waals surface area contributed by atoms with Crippen molar-refractivity contribution in [2.24, 2.45) is 5.92 Å². The number of hydrogen-bond acceptors (Lipinski definition) is 3. The summed E-state index contributed by atoms with van der Waals surface area (Å²) < 4.78 is 5.37. The zero-order chi connectivity index (χ0) is 15.2. The second-order valence-electron chi connectivity index (χ2n) is 6.65. The standard InChI is InChI=1S/C17H23NO3/c1-17-6-7-18(2)15(14(17)10-16(19)20)8-11-4-5-12(21-3)9-13(11)17/h4-5,9,14-15H,6-8,10H2,1-3H3,(H,19,20)/t14-,15?,17+/m0/s1. The van der Waals surface area contributed by atoms with Crippen molar-refractivity contribution in [3.05, 3.63) is 29.3 Å². The van der Waals surface area contributed by atoms with Crippen LogP contribution in [0.3, 0.4) is 0 Å². The molecule has 21 heavy (non-hydrogen) atoms. The molecule has 1 aliphatic carbocycles. The third-order valence-electron chi connectivity index (χ3n) is 5.59. The largest absolute Gasteiger partial charge is 0.497 e. The molecule has 0 radical (unpaired) electrons. The van der Waals surface area contributed by atoms with Crippen LogP contribution in [0.4, 0.5) is 0 Å². The molecule has 0 spiro atoms. The van der Waals surface area contributed by atoms with E-state index in [2.05, 4.69) is 31.0 Å². The number of aliphatic carboxylic acids is 1. The Labute approximate surface area is 125 Å². The number of carbonyl (C=O) groups is 1. The van der Waals surface area contributed by atoms with E-state index < -0.39 is 5.97 Å². The van der Waals surface area contributed by atoms with Gasteiger partial charge in [0.25, 0.3) is 0 Å². The zero-order valence-electron chi connectivity index (χ0n) is 12.9. The summed E-state index contributed by atoms with van der Waals surface area (Å²) in [7, 11) is 3.80. The van der Waals surface area contributed by atoms with Crippen LogP contribution in [0.5, 0.6) is 5.75 Å². The van der Waals surface area contributed by atoms with Crippen molar-refractivity contribution in [1.29, 1.82) is 0 Å². The molecule has 1 fully saturated rings. The third-order valence-corrected chi connectivity index (χ3v) is 5.59. The summed E-state index contributed by atoms with van der Waals surface area (Å²) in [6.07, 6.45) is 2.17. The SMILES string of the molecule is COc1ccc2c(c1)[C@@]1(C)CCN(C)C(C2)[C@@H]1CC(=O)O. The van der Waals surface area contributed by atoms with Crippen molar-refractivity contribution in [3.63, 3.8) is 0 Å². The van der Waals surface area contributed by atoms with E-state index in [1.807, 2.05) is 6.07 Å². The highest BCUT2D eigenvalue weighted by Gasteiger charge is 2.50. The molecule has 1 heterocycles. The molecule has 0 saturated carbocycles. The van der Waals surface area contributed by atoms with E-state index in [4.69, 9.17) is 4.74 Å². The molecule has 3 rings (SSSR count). The van der Waals surface area contributed by atoms with Crippen LogP contribution in [0.15, 0.2) is 18.2 Å². The monoisotopic (exact) mass is 289 g/mol. The number of likely N-dealkylation sites (N-methyl/N-ethyl adjacent to an activating group) is 1. The number of nitrogens with zero attached hydrogens (tertiary/aromatic N) is 1. The summed E-state index contributed by atoms with van der Waals surface area (Å²) in [5.41, 5.74) is 2.56. The van der Waals surface area contributed by atoms with E-state index >= 15 is 0 Å². The topological polar surface area (TPSA) is 49.8 Å². The Morgan fingerprint density at radius 2 is 2.29 bits per heavy atom. The van der Waals surface area contributed by atoms with Gasteiger partial charge in [-0.05, 0) is 61.0 Å². The summed E-state index contributed by atoms with van der Waals surface area (Å²) >= 11 is 0. The number of fused-ring (bicyclic) bond motifs is 4. The van der Waals surface area contributed by atoms with Gasteiger partial charge in [0.2, 0.25) is 0 Å². The molecule has 0 aromatic heterocycles. The zero-order valence-corrected chi connectivity index (χ0v) is 12.9. The lowest BCUT2D eigenvalue weighted by molar-refractivity contribution is -0.140. The molecule has 1 aromatic carbocycles. The molecule has 1 unspecified atom stereocenters. The molecule has 2 bridgehead atoms. The van der Waals surface area contributed by atoms with Gasteiger partial charge in [0, 0.05) is 6.04 Å². The van der Waals surface area contributed by atoms with Gasteiger partial charge < -0.3 is 14.7 Å². The summed E-state index contributed by atoms with van der Waals surface area (Å²) in [6, 6.07) is 6.59. The number of carboxylic acid groups (broad SMARTS) is 1. The van der Waals surface area contributed by atoms with Crippen LogP contribution in [-0.4, -0.2) is 42.7 Å². The Bertz CT molecular complexity index is 571. The molecule has 1 aromatic rings. The molecular formula is C17H23NO3. The first-order chi connectivity index (χ1) is 9.95. The summed E-state index contributed by atoms with van der Waals surface area (Å²) in [4.78, 5) is 13.7. The maximum Gasteiger partial charge on any atom is 0.303 e. The first-order valence-electron chi connectivity index (χ1n) is 7.55. The Kier molecular flexibility index (Phi) is 3.44. The van der Waals surface area contributed by atoms with Crippen LogP contribution >= 0.6 is 0 Å². The second kappa shape index (κ2) is 5.02. The van der Waals surface area contributed by atoms with Crippen LogP contribution < -0.4 is 4.74 Å². The molecule has 4 nitrogen and oxygen atoms in total. The Morgan fingerprint density at radius 1 is 1.52 bits per heavy atom. The quantitative estimate of drug-likeness (QED) is 0.927. The van der Waals surface area contributed by atoms with Gasteiger partial charge in [-0.1, -0.05) is 13.0 Å². The fraction of sp³-hybridized carbons (Fsp3) is 0.588. The summed E-state index contributed by atoms with van der Waals surface area (Å²) in [5.74, 6) is 0.327. The van der Waals surface area contributed by atoms with Crippen molar-refractivity contribution in [2.75, 3.05) is 20.7 Å². The Morgan fingerprint density at radius 3 is 2.95 bits per heavy atom. The van der Waals surface area contributed by atoms with Gasteiger partial charge >= 0.3 is 5.97 Å². The first kappa shape index (κ1) is 14.4. The first-order valence-corrected chi connectivity index (χ1v) is 7.55. The van der Waals surface area contributed by atoms with Crippen LogP contribution in [0, 0.1) is 5.92 Å². The van der Waals surface area contributed by atoms with Crippen molar-refractivity contribution in [1.82, 2.24) is 4.90 Å². The summed E-state index contributed by atoms with van der Waals surface area (Å²) in [5, 5.41) is 9.33. The molecule has 3 atom stereocenters. The number of carboxylic acids is 1. The predicted molar refractivity (Wildman–Crippen MR) is 80.8 cm³/mol. The average molecular weight is 289 g/mol. The Hall–Kier alpha value is -1.55. The fourth-order valence-corrected chi connectivity index (χ4v) is 4.29. The van der Waals surface area contributed by atoms with E-state index in [-0.39, 0.29) is 17.8 Å². The fourth-order valence-electron chi connectivity index (χ4n) is 4.29. The van der Waals surface area contributed by atoms with Crippen molar-refractivity contribution in [3.8, 4) is 5.75 Å². The lowest BCUT2D eigenvalue weighted by Crippen LogP contribution is -2.58. The third kappa shape index (κ3) is 2.22. The molecule has 0 amide bonds. The molecule has 1 aliphatic heterocycles. The van der Waals surface area contributed by atoms with Gasteiger partial charge in [0.05, 0.1) is 13.5 Å². The minimum absolute atomic E-state index is 0.0717. The minimum Gasteiger partial charge on any atom is -0.497 e. The molecule has 4 heteroatoms. The van der Waals surface area contributed by atoms with Crippen LogP contribution in [0.25, 0.3) is 0 Å². The van der Waals surface area contributed by atoms with Gasteiger partial charge in [-0.25, -0.2) is 0 Å². The second-order valence-corrected chi connectivity index (χ2v) is 6.65. The van der Waals surface area contributed by atoms with Gasteiger partial charge in [-0.2, -0.15) is 0 Å². The molecule has 114 valence electrons. The number of piperidine rings is 1. The lowest BCUT2D eigenvalue weighted by Gasteiger charge is -2.54. The number of hydrogen-bond donors (Lipinski definition) is 1. The van der Waals surface area contributed by atoms with Crippen LogP contribution in [-0.2, 0) is 16.6 Å². The van der Waals surface area contributed by atoms with E-state index in [1.165, 1.54) is 11.1 Å². The van der Waals surface area contributed by atoms with Crippen molar-refractivity contribution in [2.45, 2.75) is 37.6 Å².